The smallest absolute Gasteiger partial charge is 0.252 e. The van der Waals surface area contributed by atoms with Gasteiger partial charge in [0.15, 0.2) is 0 Å². The molecular formula is C125H106BN5O. The lowest BCUT2D eigenvalue weighted by molar-refractivity contribution is 0.434. The Morgan fingerprint density at radius 3 is 0.909 bits per heavy atom. The molecule has 0 N–H and O–H groups in total. The number of rotatable bonds is 14. The number of para-hydroxylation sites is 6. The molecule has 0 aromatic heterocycles. The average molecular weight is 1710 g/mol. The highest BCUT2D eigenvalue weighted by atomic mass is 16.5. The van der Waals surface area contributed by atoms with Crippen LogP contribution >= 0.6 is 0 Å². The van der Waals surface area contributed by atoms with Crippen molar-refractivity contribution >= 4 is 108 Å². The quantitative estimate of drug-likeness (QED) is 0.101. The van der Waals surface area contributed by atoms with Crippen molar-refractivity contribution in [3.63, 3.8) is 0 Å². The molecule has 0 radical (unpaired) electrons. The molecule has 132 heavy (non-hydrogen) atoms. The fraction of sp³-hybridized carbons (Fsp3) is 0.136. The zero-order valence-electron chi connectivity index (χ0n) is 77.1. The first kappa shape index (κ1) is 82.5. The Morgan fingerprint density at radius 1 is 0.227 bits per heavy atom. The first-order valence-electron chi connectivity index (χ1n) is 46.6. The van der Waals surface area contributed by atoms with Crippen LogP contribution < -0.4 is 45.6 Å². The summed E-state index contributed by atoms with van der Waals surface area (Å²) in [7, 11) is 0. The highest BCUT2D eigenvalue weighted by Gasteiger charge is 2.53. The van der Waals surface area contributed by atoms with Crippen molar-refractivity contribution in [2.24, 2.45) is 0 Å². The third kappa shape index (κ3) is 14.1. The minimum absolute atomic E-state index is 0.0824. The second-order valence-corrected chi connectivity index (χ2v) is 40.0. The summed E-state index contributed by atoms with van der Waals surface area (Å²) in [6, 6.07) is 161. The van der Waals surface area contributed by atoms with Gasteiger partial charge in [0.25, 0.3) is 6.71 Å². The molecule has 6 nitrogen and oxygen atoms in total. The van der Waals surface area contributed by atoms with E-state index in [4.69, 9.17) is 4.74 Å². The lowest BCUT2D eigenvalue weighted by Crippen LogP contribution is -2.61. The number of nitrogens with zero attached hydrogens (tertiary/aromatic N) is 5. The van der Waals surface area contributed by atoms with Gasteiger partial charge in [0.05, 0.1) is 28.2 Å². The average Bonchev–Trinajstić information content (AvgIpc) is 0.681. The van der Waals surface area contributed by atoms with Gasteiger partial charge in [0.2, 0.25) is 0 Å². The zero-order chi connectivity index (χ0) is 90.1. The second kappa shape index (κ2) is 32.2. The molecule has 0 saturated heterocycles. The van der Waals surface area contributed by atoms with E-state index in [2.05, 4.69) is 532 Å². The molecule has 18 aromatic carbocycles. The Hall–Kier alpha value is -15.2. The summed E-state index contributed by atoms with van der Waals surface area (Å²) in [6.07, 6.45) is 0. The molecule has 640 valence electrons. The molecule has 0 amide bonds. The van der Waals surface area contributed by atoms with E-state index in [1.807, 2.05) is 0 Å². The Labute approximate surface area is 778 Å². The molecule has 0 atom stereocenters. The van der Waals surface area contributed by atoms with Crippen molar-refractivity contribution in [1.29, 1.82) is 0 Å². The molecule has 7 heteroatoms. The monoisotopic (exact) mass is 1700 g/mol. The first-order chi connectivity index (χ1) is 64.0. The second-order valence-electron chi connectivity index (χ2n) is 40.0. The first-order valence-corrected chi connectivity index (χ1v) is 46.6. The van der Waals surface area contributed by atoms with Gasteiger partial charge in [0, 0.05) is 95.9 Å². The van der Waals surface area contributed by atoms with E-state index in [0.29, 0.717) is 0 Å². The maximum Gasteiger partial charge on any atom is 0.252 e. The Morgan fingerprint density at radius 2 is 0.545 bits per heavy atom. The number of hydrogen-bond donors (Lipinski definition) is 0. The lowest BCUT2D eigenvalue weighted by Gasteiger charge is -2.48. The van der Waals surface area contributed by atoms with Crippen LogP contribution in [0.4, 0.5) is 85.3 Å². The van der Waals surface area contributed by atoms with Crippen molar-refractivity contribution in [1.82, 2.24) is 0 Å². The van der Waals surface area contributed by atoms with Crippen molar-refractivity contribution in [2.75, 3.05) is 24.5 Å². The molecule has 22 rings (SSSR count). The number of anilines is 15. The Kier molecular flexibility index (Phi) is 20.1. The molecule has 4 heterocycles. The van der Waals surface area contributed by atoms with E-state index in [1.165, 1.54) is 38.6 Å². The van der Waals surface area contributed by atoms with Crippen molar-refractivity contribution in [3.05, 3.63) is 469 Å². The summed E-state index contributed by atoms with van der Waals surface area (Å²) in [5, 5.41) is 0. The zero-order valence-corrected chi connectivity index (χ0v) is 77.1. The van der Waals surface area contributed by atoms with Crippen molar-refractivity contribution in [3.8, 4) is 67.1 Å². The lowest BCUT2D eigenvalue weighted by atomic mass is 9.33. The topological polar surface area (TPSA) is 25.4 Å². The molecule has 1 spiro atoms. The summed E-state index contributed by atoms with van der Waals surface area (Å²) in [5.41, 5.74) is 38.5. The number of fused-ring (bicyclic) bond motifs is 12. The van der Waals surface area contributed by atoms with Crippen LogP contribution in [-0.2, 0) is 27.1 Å². The van der Waals surface area contributed by atoms with E-state index in [0.717, 1.165) is 175 Å². The Balaban J connectivity index is 0.917. The van der Waals surface area contributed by atoms with Crippen LogP contribution in [-0.4, -0.2) is 6.71 Å². The van der Waals surface area contributed by atoms with Gasteiger partial charge in [-0.2, -0.15) is 0 Å². The third-order valence-electron chi connectivity index (χ3n) is 27.7. The van der Waals surface area contributed by atoms with Gasteiger partial charge in [-0.15, -0.1) is 0 Å². The number of hydrogen-bond acceptors (Lipinski definition) is 6. The van der Waals surface area contributed by atoms with Crippen LogP contribution in [0.5, 0.6) is 11.5 Å². The minimum atomic E-state index is -0.897. The summed E-state index contributed by atoms with van der Waals surface area (Å²) >= 11 is 0. The maximum atomic E-state index is 7.18. The summed E-state index contributed by atoms with van der Waals surface area (Å²) < 4.78 is 7.18. The van der Waals surface area contributed by atoms with E-state index in [-0.39, 0.29) is 28.4 Å². The van der Waals surface area contributed by atoms with Gasteiger partial charge >= 0.3 is 0 Å². The van der Waals surface area contributed by atoms with Crippen LogP contribution in [0.25, 0.3) is 55.6 Å². The van der Waals surface area contributed by atoms with Gasteiger partial charge in [-0.3, -0.25) is 0 Å². The van der Waals surface area contributed by atoms with Crippen LogP contribution in [0.1, 0.15) is 128 Å². The largest absolute Gasteiger partial charge is 0.457 e. The van der Waals surface area contributed by atoms with Crippen molar-refractivity contribution in [2.45, 2.75) is 110 Å². The molecule has 0 fully saturated rings. The van der Waals surface area contributed by atoms with Crippen LogP contribution in [0.2, 0.25) is 0 Å². The summed E-state index contributed by atoms with van der Waals surface area (Å²) in [4.78, 5) is 12.9. The number of ether oxygens (including phenoxy) is 1. The van der Waals surface area contributed by atoms with Gasteiger partial charge in [0.1, 0.15) is 11.5 Å². The molecule has 0 unspecified atom stereocenters. The van der Waals surface area contributed by atoms with Crippen molar-refractivity contribution < 1.29 is 4.74 Å². The third-order valence-corrected chi connectivity index (χ3v) is 27.7. The fourth-order valence-corrected chi connectivity index (χ4v) is 21.1. The molecule has 0 aliphatic carbocycles. The van der Waals surface area contributed by atoms with Gasteiger partial charge in [-0.25, -0.2) is 0 Å². The number of benzene rings is 18. The molecule has 4 aliphatic rings. The summed E-state index contributed by atoms with van der Waals surface area (Å²) in [6.45, 7) is 27.3. The van der Waals surface area contributed by atoms with Gasteiger partial charge in [-0.05, 0) is 232 Å². The predicted molar refractivity (Wildman–Crippen MR) is 558 cm³/mol. The van der Waals surface area contributed by atoms with Crippen LogP contribution in [0.3, 0.4) is 0 Å². The molecule has 0 saturated carbocycles. The van der Waals surface area contributed by atoms with E-state index < -0.39 is 5.41 Å². The highest BCUT2D eigenvalue weighted by Crippen LogP contribution is 2.65. The Bertz CT molecular complexity index is 6840. The van der Waals surface area contributed by atoms with Gasteiger partial charge in [-0.1, -0.05) is 380 Å². The fourth-order valence-electron chi connectivity index (χ4n) is 21.1. The maximum absolute atomic E-state index is 7.18. The van der Waals surface area contributed by atoms with Crippen LogP contribution in [0, 0.1) is 0 Å². The molecule has 4 aliphatic heterocycles. The highest BCUT2D eigenvalue weighted by molar-refractivity contribution is 7.00. The van der Waals surface area contributed by atoms with E-state index >= 15 is 0 Å². The minimum Gasteiger partial charge on any atom is -0.457 e. The SMILES string of the molecule is CC(C)(C)c1ccc(N(c2ccc(C(C)(C)C)cc2)c2ccc3c(c2)N(c2c(-c4ccccc4)cccc2-c2ccccc2)c2cc(-c4ccc5c(c4)C4(c6ccccc6Oc6ccccc64)c4ccccc4N5c4ccccc4)cc4c2B3c2ccc(N(c3ccc(C(C)(C)C)cc3)c3ccc(C(C)(C)C)cc3)cc2N4c2c(-c3ccccc3)cccc2-c2ccccc2)cc1. The standard InChI is InChI=1S/C125H106BN5O/c1-121(2,3)89-57-65-94(66-58-89)127(95-67-59-90(60-68-95)122(4,5)6)98-73-75-108-112(81-98)130(119-100(83-36-18-13-19-37-83)46-34-47-101(119)84-38-20-14-21-39-84)114-79-88(87-56-77-111-107(78-87)125(104-50-28-31-53-110(104)129(111)93-44-26-17-27-45-93)105-51-29-32-54-116(105)132-117-55-33-30-52-106(117)125)80-115-118(114)126(108)109-76-74-99(128(96-69-61-91(62-70-96)123(7,8)9)97-71-63-92(64-72-97)124(10,11)12)82-113(109)131(115)120-102(85-40-22-15-23-41-85)48-35-49-103(120)86-42-24-16-25-43-86/h13-82H,1-12H3. The van der Waals surface area contributed by atoms with E-state index in [9.17, 15) is 0 Å². The van der Waals surface area contributed by atoms with Crippen LogP contribution in [0.15, 0.2) is 425 Å². The normalized spacial score (nSPS) is 13.4. The van der Waals surface area contributed by atoms with E-state index in [1.54, 1.807) is 0 Å². The summed E-state index contributed by atoms with van der Waals surface area (Å²) in [5.74, 6) is 1.65. The molecule has 0 bridgehead atoms. The predicted octanol–water partition coefficient (Wildman–Crippen LogP) is 32.5. The van der Waals surface area contributed by atoms with Gasteiger partial charge < -0.3 is 29.2 Å². The molecule has 18 aromatic rings. The molecular weight excluding hydrogens is 1600 g/mol.